The molecule has 0 saturated carbocycles. The molecule has 0 bridgehead atoms. The molecule has 0 fully saturated rings. The second-order valence-electron chi connectivity index (χ2n) is 7.29. The summed E-state index contributed by atoms with van der Waals surface area (Å²) in [7, 11) is 0. The number of H-pyrrole nitrogens is 1. The van der Waals surface area contributed by atoms with Gasteiger partial charge in [-0.2, -0.15) is 101 Å². The highest BCUT2D eigenvalue weighted by Crippen LogP contribution is 2.60. The highest BCUT2D eigenvalue weighted by atomic mass is 19.4. The van der Waals surface area contributed by atoms with Crippen LogP contribution < -0.4 is 0 Å². The topological polar surface area (TPSA) is 43.5 Å². The molecule has 0 radical (unpaired) electrons. The van der Waals surface area contributed by atoms with E-state index in [0.717, 1.165) is 9.72 Å². The summed E-state index contributed by atoms with van der Waals surface area (Å²) in [5.74, 6) is -31.7. The third kappa shape index (κ3) is 5.99. The fraction of sp³-hybridized carbons (Fsp3) is 0.733. The zero-order chi connectivity index (χ0) is 34.0. The van der Waals surface area contributed by atoms with Crippen LogP contribution in [-0.2, 0) is 20.1 Å². The summed E-state index contributed by atoms with van der Waals surface area (Å²) in [4.78, 5) is 1.02. The zero-order valence-electron chi connectivity index (χ0n) is 18.1. The average Bonchev–Trinajstić information content (AvgIpc) is 3.24. The third-order valence-electron chi connectivity index (χ3n) is 4.31. The SMILES string of the molecule is FC(F)(F)C(F)(OC(F)(F)C(F)(OC(F)(F)C(F)(OC(F)(F)C(F)(F)C(F)(F)F)C(F)(F)F)C(F)(F)F)c1ccc[nH]1. The maximum atomic E-state index is 14.4. The van der Waals surface area contributed by atoms with E-state index in [4.69, 9.17) is 0 Å². The molecule has 4 nitrogen and oxygen atoms in total. The zero-order valence-corrected chi connectivity index (χ0v) is 18.1. The van der Waals surface area contributed by atoms with E-state index >= 15 is 0 Å². The van der Waals surface area contributed by atoms with Gasteiger partial charge in [-0.15, -0.1) is 0 Å². The van der Waals surface area contributed by atoms with Crippen molar-refractivity contribution < 1.29 is 115 Å². The Labute approximate surface area is 212 Å². The van der Waals surface area contributed by atoms with Crippen molar-refractivity contribution in [3.8, 4) is 0 Å². The molecule has 0 saturated heterocycles. The molecule has 1 N–H and O–H groups in total. The van der Waals surface area contributed by atoms with Crippen molar-refractivity contribution in [3.05, 3.63) is 24.0 Å². The first-order valence-corrected chi connectivity index (χ1v) is 9.07. The summed E-state index contributed by atoms with van der Waals surface area (Å²) >= 11 is 0. The van der Waals surface area contributed by atoms with E-state index in [-0.39, 0.29) is 18.3 Å². The fourth-order valence-corrected chi connectivity index (χ4v) is 2.25. The van der Waals surface area contributed by atoms with Gasteiger partial charge in [0.1, 0.15) is 0 Å². The quantitative estimate of drug-likeness (QED) is 0.253. The van der Waals surface area contributed by atoms with Gasteiger partial charge in [0.25, 0.3) is 0 Å². The molecule has 248 valence electrons. The fourth-order valence-electron chi connectivity index (χ4n) is 2.25. The molecule has 1 aromatic rings. The molecule has 42 heavy (non-hydrogen) atoms. The van der Waals surface area contributed by atoms with Crippen LogP contribution in [-0.4, -0.2) is 65.6 Å². The van der Waals surface area contributed by atoms with Crippen LogP contribution in [0.25, 0.3) is 0 Å². The number of hydrogen-bond acceptors (Lipinski definition) is 3. The molecule has 0 aliphatic carbocycles. The van der Waals surface area contributed by atoms with Gasteiger partial charge in [-0.1, -0.05) is 0 Å². The molecule has 27 heteroatoms. The molecule has 1 heterocycles. The van der Waals surface area contributed by atoms with Crippen molar-refractivity contribution in [2.45, 2.75) is 66.5 Å². The summed E-state index contributed by atoms with van der Waals surface area (Å²) in [6.45, 7) is 0. The van der Waals surface area contributed by atoms with Gasteiger partial charge in [-0.3, -0.25) is 14.2 Å². The lowest BCUT2D eigenvalue weighted by Gasteiger charge is -2.42. The van der Waals surface area contributed by atoms with E-state index in [2.05, 4.69) is 0 Å². The lowest BCUT2D eigenvalue weighted by atomic mass is 10.2. The molecule has 3 unspecified atom stereocenters. The standard InChI is InChI=1S/C15H4F23NO3/c16-5(9(21,22)23,4-2-1-3-39-4)40-14(35,36)7(19,11(27,28)29)42-15(37,38)8(20,12(30,31)32)41-13(33,34)6(17,18)10(24,25)26/h1-3,39H. The molecule has 0 aliphatic heterocycles. The summed E-state index contributed by atoms with van der Waals surface area (Å²) in [6, 6.07) is -0.0669. The Morgan fingerprint density at radius 2 is 0.786 bits per heavy atom. The second kappa shape index (κ2) is 10.0. The van der Waals surface area contributed by atoms with Crippen molar-refractivity contribution in [1.82, 2.24) is 4.98 Å². The molecular weight excluding hydrogens is 679 g/mol. The molecule has 0 aromatic carbocycles. The van der Waals surface area contributed by atoms with Gasteiger partial charge >= 0.3 is 66.5 Å². The molecule has 3 atom stereocenters. The first-order valence-electron chi connectivity index (χ1n) is 9.07. The summed E-state index contributed by atoms with van der Waals surface area (Å²) in [5, 5.41) is 0. The Bertz CT molecular complexity index is 1070. The number of rotatable bonds is 10. The predicted octanol–water partition coefficient (Wildman–Crippen LogP) is 8.18. The van der Waals surface area contributed by atoms with Crippen LogP contribution in [0.4, 0.5) is 101 Å². The number of alkyl halides is 23. The number of aromatic amines is 1. The Hall–Kier alpha value is -2.45. The van der Waals surface area contributed by atoms with E-state index < -0.39 is 72.2 Å². The van der Waals surface area contributed by atoms with Gasteiger partial charge in [-0.25, -0.2) is 0 Å². The van der Waals surface area contributed by atoms with Crippen molar-refractivity contribution in [1.29, 1.82) is 0 Å². The molecule has 1 aromatic heterocycles. The minimum atomic E-state index is -8.66. The Kier molecular flexibility index (Phi) is 8.99. The highest BCUT2D eigenvalue weighted by Gasteiger charge is 2.88. The highest BCUT2D eigenvalue weighted by molar-refractivity contribution is 5.14. The van der Waals surface area contributed by atoms with Gasteiger partial charge in [-0.05, 0) is 12.1 Å². The number of hydrogen-bond donors (Lipinski definition) is 1. The smallest absolute Gasteiger partial charge is 0.360 e. The van der Waals surface area contributed by atoms with E-state index in [0.29, 0.717) is 0 Å². The third-order valence-corrected chi connectivity index (χ3v) is 4.31. The van der Waals surface area contributed by atoms with E-state index in [1.165, 1.54) is 4.74 Å². The molecule has 0 spiro atoms. The largest absolute Gasteiger partial charge is 0.462 e. The van der Waals surface area contributed by atoms with Crippen LogP contribution in [0.3, 0.4) is 0 Å². The number of aromatic nitrogens is 1. The van der Waals surface area contributed by atoms with Gasteiger partial charge in [0, 0.05) is 6.20 Å². The monoisotopic (exact) mass is 683 g/mol. The Balaban J connectivity index is 3.86. The number of nitrogens with one attached hydrogen (secondary N) is 1. The average molecular weight is 683 g/mol. The van der Waals surface area contributed by atoms with Gasteiger partial charge in [0.05, 0.1) is 5.69 Å². The summed E-state index contributed by atoms with van der Waals surface area (Å²) < 4.78 is 308. The van der Waals surface area contributed by atoms with Crippen LogP contribution in [0.1, 0.15) is 5.69 Å². The van der Waals surface area contributed by atoms with Crippen LogP contribution in [0.5, 0.6) is 0 Å². The molecule has 1 rings (SSSR count). The lowest BCUT2D eigenvalue weighted by Crippen LogP contribution is -2.70. The normalized spacial score (nSPS) is 19.7. The molecule has 0 amide bonds. The lowest BCUT2D eigenvalue weighted by molar-refractivity contribution is -0.580. The summed E-state index contributed by atoms with van der Waals surface area (Å²) in [5.41, 5.74) is -2.47. The maximum Gasteiger partial charge on any atom is 0.462 e. The van der Waals surface area contributed by atoms with Crippen LogP contribution in [0, 0.1) is 0 Å². The first kappa shape index (κ1) is 37.6. The van der Waals surface area contributed by atoms with E-state index in [9.17, 15) is 101 Å². The van der Waals surface area contributed by atoms with Gasteiger partial charge in [0.2, 0.25) is 0 Å². The van der Waals surface area contributed by atoms with Crippen molar-refractivity contribution in [2.75, 3.05) is 0 Å². The van der Waals surface area contributed by atoms with Crippen molar-refractivity contribution in [3.63, 3.8) is 0 Å². The van der Waals surface area contributed by atoms with Crippen molar-refractivity contribution >= 4 is 0 Å². The van der Waals surface area contributed by atoms with E-state index in [1.54, 1.807) is 0 Å². The first-order chi connectivity index (χ1) is 18.0. The van der Waals surface area contributed by atoms with Crippen LogP contribution >= 0.6 is 0 Å². The Morgan fingerprint density at radius 3 is 1.07 bits per heavy atom. The van der Waals surface area contributed by atoms with Crippen molar-refractivity contribution in [2.24, 2.45) is 0 Å². The maximum absolute atomic E-state index is 14.4. The molecule has 0 aliphatic rings. The predicted molar refractivity (Wildman–Crippen MR) is 78.5 cm³/mol. The number of ether oxygens (including phenoxy) is 3. The minimum Gasteiger partial charge on any atom is -0.360 e. The van der Waals surface area contributed by atoms with Crippen LogP contribution in [0.2, 0.25) is 0 Å². The van der Waals surface area contributed by atoms with Gasteiger partial charge in [0.15, 0.2) is 0 Å². The molecular formula is C15H4F23NO3. The van der Waals surface area contributed by atoms with Crippen LogP contribution in [0.15, 0.2) is 18.3 Å². The number of halogens is 23. The van der Waals surface area contributed by atoms with Gasteiger partial charge < -0.3 is 4.98 Å². The minimum absolute atomic E-state index is 0.170. The van der Waals surface area contributed by atoms with E-state index in [1.807, 2.05) is 4.74 Å². The second-order valence-corrected chi connectivity index (χ2v) is 7.29. The summed E-state index contributed by atoms with van der Waals surface area (Å²) in [6.07, 6.45) is -56.5. The Morgan fingerprint density at radius 1 is 0.429 bits per heavy atom.